The van der Waals surface area contributed by atoms with E-state index in [1.54, 1.807) is 12.1 Å². The fraction of sp³-hybridized carbons (Fsp3) is 0.176. The molecular formula is C17H15BrF2N2O2. The molecule has 0 aromatic heterocycles. The maximum atomic E-state index is 13.6. The van der Waals surface area contributed by atoms with E-state index in [1.807, 2.05) is 12.1 Å². The first-order chi connectivity index (χ1) is 11.4. The predicted octanol–water partition coefficient (Wildman–Crippen LogP) is 2.48. The quantitative estimate of drug-likeness (QED) is 0.786. The third-order valence-corrected chi connectivity index (χ3v) is 4.20. The molecule has 0 aliphatic carbocycles. The second kappa shape index (κ2) is 8.01. The number of benzene rings is 2. The lowest BCUT2D eigenvalue weighted by Crippen LogP contribution is -2.46. The van der Waals surface area contributed by atoms with Gasteiger partial charge in [-0.2, -0.15) is 0 Å². The van der Waals surface area contributed by atoms with E-state index in [2.05, 4.69) is 21.2 Å². The molecule has 24 heavy (non-hydrogen) atoms. The maximum absolute atomic E-state index is 13.6. The molecule has 0 aliphatic rings. The minimum Gasteiger partial charge on any atom is -0.368 e. The highest BCUT2D eigenvalue weighted by atomic mass is 79.9. The summed E-state index contributed by atoms with van der Waals surface area (Å²) in [5, 5.41) is 2.49. The molecule has 0 unspecified atom stereocenters. The van der Waals surface area contributed by atoms with Crippen LogP contribution in [0.5, 0.6) is 0 Å². The molecule has 2 rings (SSSR count). The summed E-state index contributed by atoms with van der Waals surface area (Å²) in [6.07, 6.45) is -0.111. The van der Waals surface area contributed by atoms with E-state index in [9.17, 15) is 18.4 Å². The van der Waals surface area contributed by atoms with Crippen LogP contribution in [-0.4, -0.2) is 17.9 Å². The van der Waals surface area contributed by atoms with Crippen LogP contribution in [0.4, 0.5) is 8.78 Å². The summed E-state index contributed by atoms with van der Waals surface area (Å²) in [7, 11) is 0. The average Bonchev–Trinajstić information content (AvgIpc) is 2.51. The van der Waals surface area contributed by atoms with Crippen molar-refractivity contribution < 1.29 is 18.4 Å². The molecule has 126 valence electrons. The molecule has 0 bridgehead atoms. The number of carbonyl (C=O) groups excluding carboxylic acids is 2. The number of nitrogens with two attached hydrogens (primary N) is 1. The van der Waals surface area contributed by atoms with E-state index in [1.165, 1.54) is 6.07 Å². The van der Waals surface area contributed by atoms with Crippen molar-refractivity contribution in [2.75, 3.05) is 0 Å². The molecule has 7 heteroatoms. The van der Waals surface area contributed by atoms with E-state index in [0.717, 1.165) is 16.1 Å². The Morgan fingerprint density at radius 3 is 2.46 bits per heavy atom. The summed E-state index contributed by atoms with van der Waals surface area (Å²) in [5.41, 5.74) is 6.17. The Kier molecular flexibility index (Phi) is 6.03. The minimum atomic E-state index is -0.931. The van der Waals surface area contributed by atoms with Gasteiger partial charge in [-0.3, -0.25) is 9.59 Å². The Balaban J connectivity index is 2.06. The van der Waals surface area contributed by atoms with Gasteiger partial charge in [-0.1, -0.05) is 40.2 Å². The van der Waals surface area contributed by atoms with E-state index in [4.69, 9.17) is 5.73 Å². The van der Waals surface area contributed by atoms with Gasteiger partial charge in [0.15, 0.2) is 0 Å². The lowest BCUT2D eigenvalue weighted by molar-refractivity contribution is -0.127. The van der Waals surface area contributed by atoms with Crippen molar-refractivity contribution in [2.45, 2.75) is 18.9 Å². The first-order valence-electron chi connectivity index (χ1n) is 7.13. The molecule has 2 aromatic carbocycles. The minimum absolute atomic E-state index is 0.0398. The number of carbonyl (C=O) groups is 2. The number of primary amides is 1. The molecule has 4 nitrogen and oxygen atoms in total. The molecule has 0 saturated carbocycles. The number of hydrogen-bond donors (Lipinski definition) is 2. The van der Waals surface area contributed by atoms with Gasteiger partial charge in [-0.05, 0) is 23.3 Å². The third-order valence-electron chi connectivity index (χ3n) is 3.43. The molecule has 0 aliphatic heterocycles. The first kappa shape index (κ1) is 18.1. The van der Waals surface area contributed by atoms with Crippen molar-refractivity contribution in [2.24, 2.45) is 5.73 Å². The van der Waals surface area contributed by atoms with Crippen LogP contribution in [0.1, 0.15) is 11.1 Å². The Labute approximate surface area is 146 Å². The monoisotopic (exact) mass is 396 g/mol. The van der Waals surface area contributed by atoms with Crippen molar-refractivity contribution in [3.8, 4) is 0 Å². The number of amides is 2. The highest BCUT2D eigenvalue weighted by molar-refractivity contribution is 9.10. The van der Waals surface area contributed by atoms with Crippen LogP contribution in [0.2, 0.25) is 0 Å². The number of halogens is 3. The van der Waals surface area contributed by atoms with Crippen molar-refractivity contribution in [3.05, 3.63) is 69.7 Å². The van der Waals surface area contributed by atoms with Gasteiger partial charge in [0, 0.05) is 17.0 Å². The Bertz CT molecular complexity index is 768. The van der Waals surface area contributed by atoms with Gasteiger partial charge in [0.05, 0.1) is 6.42 Å². The van der Waals surface area contributed by atoms with Crippen molar-refractivity contribution >= 4 is 27.7 Å². The number of hydrogen-bond acceptors (Lipinski definition) is 2. The molecule has 3 N–H and O–H groups in total. The number of nitrogens with one attached hydrogen (secondary N) is 1. The molecule has 2 aromatic rings. The summed E-state index contributed by atoms with van der Waals surface area (Å²) in [4.78, 5) is 23.6. The smallest absolute Gasteiger partial charge is 0.240 e. The maximum Gasteiger partial charge on any atom is 0.240 e. The molecule has 0 radical (unpaired) electrons. The summed E-state index contributed by atoms with van der Waals surface area (Å²) < 4.78 is 27.3. The molecule has 2 amide bonds. The zero-order chi connectivity index (χ0) is 17.7. The van der Waals surface area contributed by atoms with Gasteiger partial charge in [-0.25, -0.2) is 8.78 Å². The summed E-state index contributed by atoms with van der Waals surface area (Å²) in [6.45, 7) is 0. The number of rotatable bonds is 6. The molecular weight excluding hydrogens is 382 g/mol. The lowest BCUT2D eigenvalue weighted by atomic mass is 10.0. The van der Waals surface area contributed by atoms with Crippen molar-refractivity contribution in [1.82, 2.24) is 5.32 Å². The van der Waals surface area contributed by atoms with Crippen LogP contribution in [-0.2, 0) is 22.4 Å². The third kappa shape index (κ3) is 4.86. The fourth-order valence-corrected chi connectivity index (χ4v) is 2.64. The largest absolute Gasteiger partial charge is 0.368 e. The second-order valence-corrected chi connectivity index (χ2v) is 6.08. The molecule has 0 saturated heterocycles. The molecule has 0 heterocycles. The summed E-state index contributed by atoms with van der Waals surface area (Å²) in [6, 6.07) is 9.26. The van der Waals surface area contributed by atoms with Gasteiger partial charge in [0.25, 0.3) is 0 Å². The normalized spacial score (nSPS) is 11.8. The van der Waals surface area contributed by atoms with Crippen molar-refractivity contribution in [3.63, 3.8) is 0 Å². The van der Waals surface area contributed by atoms with E-state index >= 15 is 0 Å². The van der Waals surface area contributed by atoms with Crippen LogP contribution in [0, 0.1) is 11.6 Å². The lowest BCUT2D eigenvalue weighted by Gasteiger charge is -2.16. The van der Waals surface area contributed by atoms with Gasteiger partial charge in [-0.15, -0.1) is 0 Å². The highest BCUT2D eigenvalue weighted by Crippen LogP contribution is 2.17. The molecule has 0 fully saturated rings. The zero-order valence-corrected chi connectivity index (χ0v) is 14.1. The summed E-state index contributed by atoms with van der Waals surface area (Å²) >= 11 is 3.36. The fourth-order valence-electron chi connectivity index (χ4n) is 2.19. The Hall–Kier alpha value is -2.28. The molecule has 0 spiro atoms. The Morgan fingerprint density at radius 2 is 1.83 bits per heavy atom. The van der Waals surface area contributed by atoms with Gasteiger partial charge < -0.3 is 11.1 Å². The summed E-state index contributed by atoms with van der Waals surface area (Å²) in [5.74, 6) is -2.80. The van der Waals surface area contributed by atoms with Gasteiger partial charge >= 0.3 is 0 Å². The van der Waals surface area contributed by atoms with Crippen LogP contribution in [0.3, 0.4) is 0 Å². The van der Waals surface area contributed by atoms with E-state index in [0.29, 0.717) is 6.07 Å². The molecule has 1 atom stereocenters. The van der Waals surface area contributed by atoms with Crippen LogP contribution in [0.25, 0.3) is 0 Å². The standard InChI is InChI=1S/C17H15BrF2N2O2/c18-13-4-2-1-3-10(13)7-15(17(21)24)22-16(23)8-11-5-6-12(19)9-14(11)20/h1-6,9,15H,7-8H2,(H2,21,24)(H,22,23)/t15-/m0/s1. The van der Waals surface area contributed by atoms with Gasteiger partial charge in [0.2, 0.25) is 11.8 Å². The zero-order valence-electron chi connectivity index (χ0n) is 12.6. The highest BCUT2D eigenvalue weighted by Gasteiger charge is 2.20. The van der Waals surface area contributed by atoms with Crippen molar-refractivity contribution in [1.29, 1.82) is 0 Å². The van der Waals surface area contributed by atoms with Crippen LogP contribution in [0.15, 0.2) is 46.9 Å². The van der Waals surface area contributed by atoms with Crippen LogP contribution >= 0.6 is 15.9 Å². The first-order valence-corrected chi connectivity index (χ1v) is 7.92. The average molecular weight is 397 g/mol. The van der Waals surface area contributed by atoms with Gasteiger partial charge in [0.1, 0.15) is 17.7 Å². The van der Waals surface area contributed by atoms with E-state index in [-0.39, 0.29) is 18.4 Å². The Morgan fingerprint density at radius 1 is 1.12 bits per heavy atom. The second-order valence-electron chi connectivity index (χ2n) is 5.23. The SMILES string of the molecule is NC(=O)[C@H](Cc1ccccc1Br)NC(=O)Cc1ccc(F)cc1F. The predicted molar refractivity (Wildman–Crippen MR) is 89.0 cm³/mol. The van der Waals surface area contributed by atoms with E-state index < -0.39 is 29.5 Å². The van der Waals surface area contributed by atoms with Crippen LogP contribution < -0.4 is 11.1 Å². The topological polar surface area (TPSA) is 72.2 Å².